The average molecular weight is 193 g/mol. The molecule has 0 saturated heterocycles. The molecule has 0 radical (unpaired) electrons. The number of hydrazine groups is 1. The average Bonchev–Trinajstić information content (AvgIpc) is 2.14. The first-order valence-corrected chi connectivity index (χ1v) is 4.82. The summed E-state index contributed by atoms with van der Waals surface area (Å²) in [5.74, 6) is 5.16. The second kappa shape index (κ2) is 4.44. The van der Waals surface area contributed by atoms with E-state index in [1.165, 1.54) is 5.56 Å². The van der Waals surface area contributed by atoms with Gasteiger partial charge in [-0.3, -0.25) is 5.84 Å². The first kappa shape index (κ1) is 11.0. The minimum atomic E-state index is 0.213. The molecule has 0 bridgehead atoms. The first-order chi connectivity index (χ1) is 6.54. The first-order valence-electron chi connectivity index (χ1n) is 4.82. The van der Waals surface area contributed by atoms with Crippen LogP contribution in [-0.4, -0.2) is 6.67 Å². The number of anilines is 1. The predicted molar refractivity (Wildman–Crippen MR) is 61.0 cm³/mol. The lowest BCUT2D eigenvalue weighted by Crippen LogP contribution is -2.28. The molecule has 0 aliphatic carbocycles. The van der Waals surface area contributed by atoms with Gasteiger partial charge in [-0.15, -0.1) is 0 Å². The summed E-state index contributed by atoms with van der Waals surface area (Å²) < 4.78 is 0. The molecule has 14 heavy (non-hydrogen) atoms. The second-order valence-electron chi connectivity index (χ2n) is 4.39. The quantitative estimate of drug-likeness (QED) is 0.390. The van der Waals surface area contributed by atoms with Gasteiger partial charge in [0.1, 0.15) is 0 Å². The molecule has 0 aliphatic heterocycles. The predicted octanol–water partition coefficient (Wildman–Crippen LogP) is 1.82. The van der Waals surface area contributed by atoms with Crippen LogP contribution in [0, 0.1) is 0 Å². The third-order valence-electron chi connectivity index (χ3n) is 2.15. The number of hydrogen-bond acceptors (Lipinski definition) is 3. The zero-order valence-electron chi connectivity index (χ0n) is 9.09. The molecule has 3 nitrogen and oxygen atoms in total. The fraction of sp³-hybridized carbons (Fsp3) is 0.455. The largest absolute Gasteiger partial charge is 0.371 e. The fourth-order valence-corrected chi connectivity index (χ4v) is 1.24. The van der Waals surface area contributed by atoms with E-state index in [0.29, 0.717) is 6.67 Å². The number of nitrogens with two attached hydrogens (primary N) is 1. The van der Waals surface area contributed by atoms with E-state index in [1.54, 1.807) is 0 Å². The van der Waals surface area contributed by atoms with Crippen molar-refractivity contribution in [3.8, 4) is 0 Å². The molecule has 0 aliphatic rings. The fourth-order valence-electron chi connectivity index (χ4n) is 1.24. The van der Waals surface area contributed by atoms with Crippen molar-refractivity contribution in [1.82, 2.24) is 5.43 Å². The molecule has 0 atom stereocenters. The summed E-state index contributed by atoms with van der Waals surface area (Å²) in [7, 11) is 0. The Kier molecular flexibility index (Phi) is 3.49. The lowest BCUT2D eigenvalue weighted by molar-refractivity contribution is 0.590. The standard InChI is InChI=1S/C11H19N3/c1-11(2,3)9-4-6-10(7-5-9)13-8-14-12/h4-7,13-14H,8,12H2,1-3H3. The van der Waals surface area contributed by atoms with Crippen LogP contribution < -0.4 is 16.6 Å². The van der Waals surface area contributed by atoms with Gasteiger partial charge in [-0.2, -0.15) is 0 Å². The Morgan fingerprint density at radius 3 is 2.14 bits per heavy atom. The SMILES string of the molecule is CC(C)(C)c1ccc(NCNN)cc1. The topological polar surface area (TPSA) is 50.1 Å². The van der Waals surface area contributed by atoms with E-state index in [2.05, 4.69) is 55.8 Å². The molecule has 1 rings (SSSR count). The summed E-state index contributed by atoms with van der Waals surface area (Å²) in [6.07, 6.45) is 0. The smallest absolute Gasteiger partial charge is 0.0780 e. The Labute approximate surface area is 85.7 Å². The van der Waals surface area contributed by atoms with Crippen LogP contribution in [0.3, 0.4) is 0 Å². The molecule has 1 aromatic carbocycles. The molecule has 0 saturated carbocycles. The van der Waals surface area contributed by atoms with E-state index in [9.17, 15) is 0 Å². The van der Waals surface area contributed by atoms with Gasteiger partial charge in [0.25, 0.3) is 0 Å². The third kappa shape index (κ3) is 3.01. The highest BCUT2D eigenvalue weighted by atomic mass is 15.3. The van der Waals surface area contributed by atoms with Gasteiger partial charge in [0, 0.05) is 5.69 Å². The lowest BCUT2D eigenvalue weighted by atomic mass is 9.87. The molecule has 0 unspecified atom stereocenters. The lowest BCUT2D eigenvalue weighted by Gasteiger charge is -2.19. The Morgan fingerprint density at radius 2 is 1.71 bits per heavy atom. The number of hydrogen-bond donors (Lipinski definition) is 3. The van der Waals surface area contributed by atoms with E-state index in [-0.39, 0.29) is 5.41 Å². The molecule has 0 fully saturated rings. The molecule has 0 aromatic heterocycles. The van der Waals surface area contributed by atoms with E-state index in [4.69, 9.17) is 5.84 Å². The van der Waals surface area contributed by atoms with Gasteiger partial charge in [0.15, 0.2) is 0 Å². The van der Waals surface area contributed by atoms with Crippen LogP contribution >= 0.6 is 0 Å². The highest BCUT2D eigenvalue weighted by Crippen LogP contribution is 2.23. The van der Waals surface area contributed by atoms with Gasteiger partial charge in [-0.05, 0) is 23.1 Å². The summed E-state index contributed by atoms with van der Waals surface area (Å²) in [5, 5.41) is 3.14. The van der Waals surface area contributed by atoms with Gasteiger partial charge in [-0.1, -0.05) is 32.9 Å². The van der Waals surface area contributed by atoms with Crippen LogP contribution in [0.4, 0.5) is 5.69 Å². The van der Waals surface area contributed by atoms with Crippen molar-refractivity contribution >= 4 is 5.69 Å². The van der Waals surface area contributed by atoms with Gasteiger partial charge < -0.3 is 5.32 Å². The zero-order valence-corrected chi connectivity index (χ0v) is 9.09. The van der Waals surface area contributed by atoms with Crippen LogP contribution in [0.1, 0.15) is 26.3 Å². The molecule has 78 valence electrons. The Bertz CT molecular complexity index is 272. The Hall–Kier alpha value is -1.06. The second-order valence-corrected chi connectivity index (χ2v) is 4.39. The summed E-state index contributed by atoms with van der Waals surface area (Å²) in [4.78, 5) is 0. The van der Waals surface area contributed by atoms with Crippen LogP contribution in [0.25, 0.3) is 0 Å². The van der Waals surface area contributed by atoms with E-state index in [1.807, 2.05) is 0 Å². The maximum absolute atomic E-state index is 5.16. The summed E-state index contributed by atoms with van der Waals surface area (Å²) >= 11 is 0. The maximum atomic E-state index is 5.16. The Morgan fingerprint density at radius 1 is 1.14 bits per heavy atom. The Balaban J connectivity index is 2.69. The number of benzene rings is 1. The normalized spacial score (nSPS) is 11.4. The molecule has 1 aromatic rings. The maximum Gasteiger partial charge on any atom is 0.0780 e. The molecule has 0 spiro atoms. The molecular weight excluding hydrogens is 174 g/mol. The van der Waals surface area contributed by atoms with Crippen molar-refractivity contribution in [2.45, 2.75) is 26.2 Å². The summed E-state index contributed by atoms with van der Waals surface area (Å²) in [6, 6.07) is 8.41. The molecule has 0 heterocycles. The van der Waals surface area contributed by atoms with Crippen LogP contribution in [0.2, 0.25) is 0 Å². The van der Waals surface area contributed by atoms with Crippen molar-refractivity contribution in [3.63, 3.8) is 0 Å². The van der Waals surface area contributed by atoms with Gasteiger partial charge in [0.05, 0.1) is 6.67 Å². The third-order valence-corrected chi connectivity index (χ3v) is 2.15. The molecule has 3 heteroatoms. The minimum Gasteiger partial charge on any atom is -0.371 e. The summed E-state index contributed by atoms with van der Waals surface area (Å²) in [6.45, 7) is 7.19. The van der Waals surface area contributed by atoms with E-state index >= 15 is 0 Å². The molecule has 4 N–H and O–H groups in total. The van der Waals surface area contributed by atoms with Crippen molar-refractivity contribution in [1.29, 1.82) is 0 Å². The van der Waals surface area contributed by atoms with Gasteiger partial charge in [0.2, 0.25) is 0 Å². The van der Waals surface area contributed by atoms with Crippen molar-refractivity contribution in [2.75, 3.05) is 12.0 Å². The molecular formula is C11H19N3. The number of rotatable bonds is 3. The van der Waals surface area contributed by atoms with Crippen molar-refractivity contribution < 1.29 is 0 Å². The van der Waals surface area contributed by atoms with Crippen LogP contribution in [0.15, 0.2) is 24.3 Å². The molecule has 0 amide bonds. The zero-order chi connectivity index (χ0) is 10.6. The van der Waals surface area contributed by atoms with Crippen molar-refractivity contribution in [2.24, 2.45) is 5.84 Å². The monoisotopic (exact) mass is 193 g/mol. The van der Waals surface area contributed by atoms with Crippen LogP contribution in [-0.2, 0) is 5.41 Å². The number of nitrogens with one attached hydrogen (secondary N) is 2. The summed E-state index contributed by atoms with van der Waals surface area (Å²) in [5.41, 5.74) is 5.18. The highest BCUT2D eigenvalue weighted by molar-refractivity contribution is 5.45. The minimum absolute atomic E-state index is 0.213. The van der Waals surface area contributed by atoms with Crippen LogP contribution in [0.5, 0.6) is 0 Å². The highest BCUT2D eigenvalue weighted by Gasteiger charge is 2.12. The van der Waals surface area contributed by atoms with Gasteiger partial charge >= 0.3 is 0 Å². The van der Waals surface area contributed by atoms with Crippen molar-refractivity contribution in [3.05, 3.63) is 29.8 Å². The van der Waals surface area contributed by atoms with E-state index in [0.717, 1.165) is 5.69 Å². The van der Waals surface area contributed by atoms with E-state index < -0.39 is 0 Å². The van der Waals surface area contributed by atoms with Gasteiger partial charge in [-0.25, -0.2) is 5.43 Å².